The van der Waals surface area contributed by atoms with Crippen LogP contribution in [0, 0.1) is 17.8 Å². The highest BCUT2D eigenvalue weighted by Crippen LogP contribution is 2.25. The van der Waals surface area contributed by atoms with Gasteiger partial charge in [0.2, 0.25) is 5.91 Å². The second-order valence-electron chi connectivity index (χ2n) is 5.74. The minimum Gasteiger partial charge on any atom is -0.341 e. The van der Waals surface area contributed by atoms with Crippen LogP contribution in [0.1, 0.15) is 43.2 Å². The van der Waals surface area contributed by atoms with Crippen molar-refractivity contribution in [2.45, 2.75) is 38.6 Å². The van der Waals surface area contributed by atoms with E-state index < -0.39 is 0 Å². The molecule has 0 radical (unpaired) electrons. The van der Waals surface area contributed by atoms with Crippen LogP contribution in [-0.4, -0.2) is 24.4 Å². The van der Waals surface area contributed by atoms with Crippen LogP contribution in [0.3, 0.4) is 0 Å². The first-order valence-corrected chi connectivity index (χ1v) is 7.73. The summed E-state index contributed by atoms with van der Waals surface area (Å²) in [7, 11) is 1.90. The van der Waals surface area contributed by atoms with Crippen molar-refractivity contribution in [2.75, 3.05) is 13.6 Å². The number of carbonyl (C=O) groups is 1. The second-order valence-corrected chi connectivity index (χ2v) is 5.74. The summed E-state index contributed by atoms with van der Waals surface area (Å²) in [4.78, 5) is 14.3. The Bertz CT molecular complexity index is 536. The Morgan fingerprint density at radius 3 is 2.81 bits per heavy atom. The molecule has 0 aromatic heterocycles. The lowest BCUT2D eigenvalue weighted by molar-refractivity contribution is -0.135. The van der Waals surface area contributed by atoms with Crippen LogP contribution in [0.4, 0.5) is 0 Å². The van der Waals surface area contributed by atoms with Crippen LogP contribution >= 0.6 is 0 Å². The average Bonchev–Trinajstić information content (AvgIpc) is 2.53. The van der Waals surface area contributed by atoms with Gasteiger partial charge in [0.05, 0.1) is 6.54 Å². The van der Waals surface area contributed by atoms with Crippen LogP contribution in [0.5, 0.6) is 0 Å². The zero-order chi connectivity index (χ0) is 15.1. The van der Waals surface area contributed by atoms with E-state index in [-0.39, 0.29) is 11.8 Å². The number of carbonyl (C=O) groups excluding carboxylic acids is 1. The molecule has 0 heterocycles. The molecule has 0 atom stereocenters. The predicted octanol–water partition coefficient (Wildman–Crippen LogP) is 2.54. The van der Waals surface area contributed by atoms with Gasteiger partial charge in [-0.3, -0.25) is 4.79 Å². The van der Waals surface area contributed by atoms with Crippen molar-refractivity contribution in [2.24, 2.45) is 11.7 Å². The van der Waals surface area contributed by atoms with Crippen molar-refractivity contribution < 1.29 is 4.79 Å². The molecule has 1 aromatic carbocycles. The lowest BCUT2D eigenvalue weighted by Crippen LogP contribution is -2.33. The van der Waals surface area contributed by atoms with E-state index in [0.29, 0.717) is 13.1 Å². The molecule has 1 aliphatic carbocycles. The van der Waals surface area contributed by atoms with Gasteiger partial charge in [-0.15, -0.1) is 0 Å². The predicted molar refractivity (Wildman–Crippen MR) is 85.4 cm³/mol. The zero-order valence-electron chi connectivity index (χ0n) is 12.8. The van der Waals surface area contributed by atoms with Crippen molar-refractivity contribution >= 4 is 5.91 Å². The highest BCUT2D eigenvalue weighted by Gasteiger charge is 2.23. The number of hydrogen-bond donors (Lipinski definition) is 1. The summed E-state index contributed by atoms with van der Waals surface area (Å²) >= 11 is 0. The molecule has 21 heavy (non-hydrogen) atoms. The van der Waals surface area contributed by atoms with Gasteiger partial charge < -0.3 is 10.6 Å². The maximum atomic E-state index is 12.4. The van der Waals surface area contributed by atoms with E-state index in [1.165, 1.54) is 19.3 Å². The molecule has 1 amide bonds. The molecule has 0 saturated heterocycles. The van der Waals surface area contributed by atoms with E-state index in [1.807, 2.05) is 36.2 Å². The van der Waals surface area contributed by atoms with Crippen molar-refractivity contribution in [3.8, 4) is 11.8 Å². The first-order chi connectivity index (χ1) is 10.2. The maximum Gasteiger partial charge on any atom is 0.225 e. The van der Waals surface area contributed by atoms with Crippen LogP contribution < -0.4 is 5.73 Å². The fourth-order valence-electron chi connectivity index (χ4n) is 2.91. The number of hydrogen-bond acceptors (Lipinski definition) is 2. The summed E-state index contributed by atoms with van der Waals surface area (Å²) in [5.74, 6) is 6.40. The van der Waals surface area contributed by atoms with Crippen molar-refractivity contribution in [1.82, 2.24) is 4.90 Å². The Kier molecular flexibility index (Phi) is 5.83. The van der Waals surface area contributed by atoms with Crippen LogP contribution in [0.25, 0.3) is 0 Å². The molecule has 1 aliphatic rings. The number of benzene rings is 1. The lowest BCUT2D eigenvalue weighted by Gasteiger charge is -2.26. The summed E-state index contributed by atoms with van der Waals surface area (Å²) in [6.45, 7) is 1.01. The first kappa shape index (κ1) is 15.6. The Hall–Kier alpha value is -1.79. The van der Waals surface area contributed by atoms with Gasteiger partial charge >= 0.3 is 0 Å². The summed E-state index contributed by atoms with van der Waals surface area (Å²) < 4.78 is 0. The summed E-state index contributed by atoms with van der Waals surface area (Å²) in [5.41, 5.74) is 7.46. The largest absolute Gasteiger partial charge is 0.341 e. The Morgan fingerprint density at radius 1 is 1.33 bits per heavy atom. The van der Waals surface area contributed by atoms with Crippen molar-refractivity contribution in [3.63, 3.8) is 0 Å². The molecule has 1 saturated carbocycles. The normalized spacial score (nSPS) is 15.1. The third-order valence-corrected chi connectivity index (χ3v) is 4.01. The Labute approximate surface area is 127 Å². The molecule has 2 rings (SSSR count). The van der Waals surface area contributed by atoms with Gasteiger partial charge in [0.1, 0.15) is 0 Å². The van der Waals surface area contributed by atoms with E-state index in [0.717, 1.165) is 24.0 Å². The minimum absolute atomic E-state index is 0.226. The minimum atomic E-state index is 0.226. The van der Waals surface area contributed by atoms with E-state index in [1.54, 1.807) is 0 Å². The standard InChI is InChI=1S/C18H24N2O/c1-20(18(21)17-10-3-2-4-11-17)14-16-8-5-7-15(13-16)9-6-12-19/h5,7-8,13,17H,2-4,10-12,14,19H2,1H3. The fraction of sp³-hybridized carbons (Fsp3) is 0.500. The summed E-state index contributed by atoms with van der Waals surface area (Å²) in [6, 6.07) is 8.02. The van der Waals surface area contributed by atoms with E-state index in [4.69, 9.17) is 5.73 Å². The highest BCUT2D eigenvalue weighted by molar-refractivity contribution is 5.78. The molecular weight excluding hydrogens is 260 g/mol. The van der Waals surface area contributed by atoms with Gasteiger partial charge in [0.15, 0.2) is 0 Å². The molecule has 0 unspecified atom stereocenters. The number of nitrogens with zero attached hydrogens (tertiary/aromatic N) is 1. The monoisotopic (exact) mass is 284 g/mol. The van der Waals surface area contributed by atoms with Gasteiger partial charge in [-0.05, 0) is 30.5 Å². The molecule has 112 valence electrons. The smallest absolute Gasteiger partial charge is 0.225 e. The Balaban J connectivity index is 1.98. The van der Waals surface area contributed by atoms with Gasteiger partial charge in [-0.2, -0.15) is 0 Å². The van der Waals surface area contributed by atoms with Gasteiger partial charge in [0, 0.05) is 25.1 Å². The fourth-order valence-corrected chi connectivity index (χ4v) is 2.91. The second kappa shape index (κ2) is 7.85. The molecule has 1 fully saturated rings. The molecule has 3 nitrogen and oxygen atoms in total. The maximum absolute atomic E-state index is 12.4. The average molecular weight is 284 g/mol. The third-order valence-electron chi connectivity index (χ3n) is 4.01. The molecule has 1 aromatic rings. The van der Waals surface area contributed by atoms with E-state index in [2.05, 4.69) is 11.8 Å². The molecular formula is C18H24N2O. The van der Waals surface area contributed by atoms with E-state index in [9.17, 15) is 4.79 Å². The van der Waals surface area contributed by atoms with Gasteiger partial charge in [0.25, 0.3) is 0 Å². The molecule has 0 aliphatic heterocycles. The van der Waals surface area contributed by atoms with Crippen LogP contribution in [0.15, 0.2) is 24.3 Å². The SMILES string of the molecule is CN(Cc1cccc(C#CCN)c1)C(=O)C1CCCCC1. The van der Waals surface area contributed by atoms with Crippen LogP contribution in [0.2, 0.25) is 0 Å². The highest BCUT2D eigenvalue weighted by atomic mass is 16.2. The van der Waals surface area contributed by atoms with Crippen molar-refractivity contribution in [3.05, 3.63) is 35.4 Å². The lowest BCUT2D eigenvalue weighted by atomic mass is 9.88. The summed E-state index contributed by atoms with van der Waals surface area (Å²) in [5, 5.41) is 0. The Morgan fingerprint density at radius 2 is 2.10 bits per heavy atom. The number of nitrogens with two attached hydrogens (primary N) is 1. The molecule has 3 heteroatoms. The number of amides is 1. The third kappa shape index (κ3) is 4.61. The molecule has 0 spiro atoms. The quantitative estimate of drug-likeness (QED) is 0.867. The zero-order valence-corrected chi connectivity index (χ0v) is 12.8. The number of rotatable bonds is 3. The first-order valence-electron chi connectivity index (χ1n) is 7.73. The molecule has 0 bridgehead atoms. The van der Waals surface area contributed by atoms with Crippen molar-refractivity contribution in [1.29, 1.82) is 0 Å². The van der Waals surface area contributed by atoms with E-state index >= 15 is 0 Å². The topological polar surface area (TPSA) is 46.3 Å². The molecule has 2 N–H and O–H groups in total. The van der Waals surface area contributed by atoms with Gasteiger partial charge in [-0.25, -0.2) is 0 Å². The van der Waals surface area contributed by atoms with Gasteiger partial charge in [-0.1, -0.05) is 43.2 Å². The van der Waals surface area contributed by atoms with Crippen LogP contribution in [-0.2, 0) is 11.3 Å². The summed E-state index contributed by atoms with van der Waals surface area (Å²) in [6.07, 6.45) is 5.74.